The number of ether oxygens (including phenoxy) is 2. The number of nitrogens with one attached hydrogen (secondary N) is 1. The maximum absolute atomic E-state index is 16.3. The van der Waals surface area contributed by atoms with Crippen molar-refractivity contribution in [2.45, 2.75) is 62.9 Å². The van der Waals surface area contributed by atoms with Crippen LogP contribution in [0.3, 0.4) is 0 Å². The molecule has 14 nitrogen and oxygen atoms in total. The van der Waals surface area contributed by atoms with Crippen molar-refractivity contribution in [3.63, 3.8) is 0 Å². The number of hydrogen-bond donors (Lipinski definition) is 3. The summed E-state index contributed by atoms with van der Waals surface area (Å²) in [6.45, 7) is 2.50. The molecule has 1 saturated carbocycles. The lowest BCUT2D eigenvalue weighted by atomic mass is 9.97. The number of alkyl halides is 1. The smallest absolute Gasteiger partial charge is 0.459 e. The van der Waals surface area contributed by atoms with Gasteiger partial charge in [0.05, 0.1) is 19.5 Å². The summed E-state index contributed by atoms with van der Waals surface area (Å²) in [6, 6.07) is 7.24. The van der Waals surface area contributed by atoms with Gasteiger partial charge in [-0.25, -0.2) is 13.9 Å². The summed E-state index contributed by atoms with van der Waals surface area (Å²) in [6.07, 6.45) is 3.86. The molecule has 0 radical (unpaired) electrons. The summed E-state index contributed by atoms with van der Waals surface area (Å²) in [5, 5.41) is 13.5. The first-order valence-electron chi connectivity index (χ1n) is 13.7. The molecule has 2 fully saturated rings. The molecule has 0 bridgehead atoms. The quantitative estimate of drug-likeness (QED) is 0.154. The Kier molecular flexibility index (Phi) is 8.60. The minimum Gasteiger partial charge on any atom is -0.465 e. The fraction of sp³-hybridized carbons (Fsp3) is 0.481. The summed E-state index contributed by atoms with van der Waals surface area (Å²) < 4.78 is 53.4. The number of aliphatic hydroxyl groups is 1. The SMILES string of the molecule is C#C[C@@]1(F)[C@H](O)[C@@H](CO[P@@](=O)(N[C@H](C)C(=O)OCC)Oc2ccccc2)O[C@H]1n1cnc2c(N(C)C3CC3)nc(N)nc21. The number of hydrogen-bond acceptors (Lipinski definition) is 12. The first-order valence-corrected chi connectivity index (χ1v) is 15.2. The van der Waals surface area contributed by atoms with Crippen LogP contribution < -0.4 is 20.2 Å². The lowest BCUT2D eigenvalue weighted by molar-refractivity contribution is -0.144. The number of halogens is 1. The van der Waals surface area contributed by atoms with E-state index in [2.05, 4.69) is 20.0 Å². The summed E-state index contributed by atoms with van der Waals surface area (Å²) in [5.74, 6) is 1.86. The normalized spacial score (nSPS) is 25.5. The number of carbonyl (C=O) groups is 1. The molecule has 3 heterocycles. The number of terminal acetylenes is 1. The Hall–Kier alpha value is -3.80. The molecule has 1 aliphatic carbocycles. The van der Waals surface area contributed by atoms with Crippen molar-refractivity contribution in [3.8, 4) is 18.1 Å². The summed E-state index contributed by atoms with van der Waals surface area (Å²) in [5.41, 5.74) is 3.70. The zero-order chi connectivity index (χ0) is 30.9. The molecule has 230 valence electrons. The molecule has 2 aliphatic rings. The number of nitrogens with two attached hydrogens (primary N) is 1. The van der Waals surface area contributed by atoms with Gasteiger partial charge in [-0.2, -0.15) is 15.1 Å². The van der Waals surface area contributed by atoms with E-state index >= 15 is 4.39 Å². The fourth-order valence-electron chi connectivity index (χ4n) is 4.72. The van der Waals surface area contributed by atoms with Gasteiger partial charge < -0.3 is 29.7 Å². The van der Waals surface area contributed by atoms with Crippen molar-refractivity contribution in [2.24, 2.45) is 0 Å². The number of anilines is 2. The van der Waals surface area contributed by atoms with Crippen LogP contribution in [0, 0.1) is 12.3 Å². The highest BCUT2D eigenvalue weighted by Crippen LogP contribution is 2.48. The van der Waals surface area contributed by atoms with E-state index in [-0.39, 0.29) is 30.0 Å². The molecule has 0 amide bonds. The Morgan fingerprint density at radius 3 is 2.77 bits per heavy atom. The van der Waals surface area contributed by atoms with Gasteiger partial charge >= 0.3 is 13.7 Å². The van der Waals surface area contributed by atoms with Crippen LogP contribution in [0.4, 0.5) is 16.2 Å². The Morgan fingerprint density at radius 2 is 2.12 bits per heavy atom. The fourth-order valence-corrected chi connectivity index (χ4v) is 6.22. The maximum Gasteiger partial charge on any atom is 0.459 e. The van der Waals surface area contributed by atoms with E-state index in [1.807, 2.05) is 17.9 Å². The average Bonchev–Trinajstić information content (AvgIpc) is 3.71. The number of fused-ring (bicyclic) bond motifs is 1. The molecular formula is C27H33FN7O7P. The second-order valence-electron chi connectivity index (χ2n) is 10.3. The predicted octanol–water partition coefficient (Wildman–Crippen LogP) is 2.35. The van der Waals surface area contributed by atoms with E-state index in [4.69, 9.17) is 30.7 Å². The molecule has 1 aliphatic heterocycles. The van der Waals surface area contributed by atoms with Crippen molar-refractivity contribution >= 4 is 36.6 Å². The molecule has 0 spiro atoms. The van der Waals surface area contributed by atoms with Gasteiger partial charge in [-0.05, 0) is 38.8 Å². The third-order valence-corrected chi connectivity index (χ3v) is 8.78. The number of nitrogen functional groups attached to an aromatic ring is 1. The molecule has 16 heteroatoms. The molecule has 5 rings (SSSR count). The lowest BCUT2D eigenvalue weighted by Crippen LogP contribution is -2.42. The number of para-hydroxylation sites is 1. The highest BCUT2D eigenvalue weighted by molar-refractivity contribution is 7.52. The molecule has 2 aromatic heterocycles. The van der Waals surface area contributed by atoms with Crippen LogP contribution in [0.1, 0.15) is 32.9 Å². The van der Waals surface area contributed by atoms with Crippen LogP contribution in [0.15, 0.2) is 36.7 Å². The number of carbonyl (C=O) groups excluding carboxylic acids is 1. The van der Waals surface area contributed by atoms with Gasteiger partial charge in [0.25, 0.3) is 0 Å². The number of esters is 1. The second kappa shape index (κ2) is 12.1. The first kappa shape index (κ1) is 30.7. The van der Waals surface area contributed by atoms with Gasteiger partial charge in [-0.15, -0.1) is 6.42 Å². The Bertz CT molecular complexity index is 1570. The Labute approximate surface area is 247 Å². The summed E-state index contributed by atoms with van der Waals surface area (Å²) >= 11 is 0. The third-order valence-electron chi connectivity index (χ3n) is 7.14. The first-order chi connectivity index (χ1) is 20.5. The van der Waals surface area contributed by atoms with Crippen LogP contribution in [0.2, 0.25) is 0 Å². The average molecular weight is 618 g/mol. The largest absolute Gasteiger partial charge is 0.465 e. The second-order valence-corrected chi connectivity index (χ2v) is 11.9. The van der Waals surface area contributed by atoms with Crippen molar-refractivity contribution in [1.82, 2.24) is 24.6 Å². The minimum absolute atomic E-state index is 0.0684. The van der Waals surface area contributed by atoms with E-state index in [1.54, 1.807) is 25.1 Å². The summed E-state index contributed by atoms with van der Waals surface area (Å²) in [7, 11) is -2.47. The molecule has 1 aromatic carbocycles. The van der Waals surface area contributed by atoms with Crippen molar-refractivity contribution in [3.05, 3.63) is 36.7 Å². The van der Waals surface area contributed by atoms with Crippen LogP contribution >= 0.6 is 7.75 Å². The number of aliphatic hydroxyl groups excluding tert-OH is 1. The standard InChI is InChI=1S/C27H33FN7O7P/c1-5-27(28)21(36)19(14-40-43(38,33-16(3)24(37)39-6-2)42-18-10-8-7-9-11-18)41-25(27)35-15-30-20-22(34(4)17-12-13-17)31-26(29)32-23(20)35/h1,7-11,15-17,19,21,25,36H,6,12-14H2,2-4H3,(H,33,38)(H2,29,31,32)/t16-,19-,21-,25-,27-,43+/m1/s1. The van der Waals surface area contributed by atoms with Crippen molar-refractivity contribution < 1.29 is 37.4 Å². The van der Waals surface area contributed by atoms with E-state index in [0.717, 1.165) is 12.8 Å². The molecular weight excluding hydrogens is 584 g/mol. The van der Waals surface area contributed by atoms with E-state index in [0.29, 0.717) is 11.3 Å². The molecule has 43 heavy (non-hydrogen) atoms. The highest BCUT2D eigenvalue weighted by Gasteiger charge is 2.58. The number of benzene rings is 1. The third kappa shape index (κ3) is 6.15. The van der Waals surface area contributed by atoms with Crippen molar-refractivity contribution in [1.29, 1.82) is 0 Å². The van der Waals surface area contributed by atoms with E-state index < -0.39 is 50.5 Å². The van der Waals surface area contributed by atoms with Crippen LogP contribution in [0.25, 0.3) is 11.2 Å². The maximum atomic E-state index is 16.3. The molecule has 0 unspecified atom stereocenters. The van der Waals surface area contributed by atoms with Crippen LogP contribution in [0.5, 0.6) is 5.75 Å². The van der Waals surface area contributed by atoms with E-state index in [9.17, 15) is 14.5 Å². The lowest BCUT2D eigenvalue weighted by Gasteiger charge is -2.25. The zero-order valence-electron chi connectivity index (χ0n) is 23.8. The minimum atomic E-state index is -4.33. The van der Waals surface area contributed by atoms with Crippen molar-refractivity contribution in [2.75, 3.05) is 30.9 Å². The number of aromatic nitrogens is 4. The molecule has 4 N–H and O–H groups in total. The monoisotopic (exact) mass is 617 g/mol. The predicted molar refractivity (Wildman–Crippen MR) is 154 cm³/mol. The van der Waals surface area contributed by atoms with Gasteiger partial charge in [-0.3, -0.25) is 13.9 Å². The van der Waals surface area contributed by atoms with Crippen LogP contribution in [-0.2, 0) is 23.4 Å². The van der Waals surface area contributed by atoms with Gasteiger partial charge in [0.2, 0.25) is 11.6 Å². The summed E-state index contributed by atoms with van der Waals surface area (Å²) in [4.78, 5) is 27.1. The van der Waals surface area contributed by atoms with Gasteiger partial charge in [0.1, 0.15) is 24.0 Å². The van der Waals surface area contributed by atoms with Gasteiger partial charge in [0, 0.05) is 13.1 Å². The molecule has 6 atom stereocenters. The topological polar surface area (TPSA) is 176 Å². The molecule has 3 aromatic rings. The number of nitrogens with zero attached hydrogens (tertiary/aromatic N) is 5. The molecule has 1 saturated heterocycles. The highest BCUT2D eigenvalue weighted by atomic mass is 31.2. The van der Waals surface area contributed by atoms with Gasteiger partial charge in [0.15, 0.2) is 23.2 Å². The van der Waals surface area contributed by atoms with E-state index in [1.165, 1.54) is 30.0 Å². The van der Waals surface area contributed by atoms with Gasteiger partial charge in [-0.1, -0.05) is 24.1 Å². The number of imidazole rings is 1. The van der Waals surface area contributed by atoms with Crippen LogP contribution in [-0.4, -0.2) is 80.8 Å². The Morgan fingerprint density at radius 1 is 1.40 bits per heavy atom. The zero-order valence-corrected chi connectivity index (χ0v) is 24.7. The number of rotatable bonds is 12. The Balaban J connectivity index is 1.41.